The summed E-state index contributed by atoms with van der Waals surface area (Å²) in [6.45, 7) is 23.1. The number of nitrogens with two attached hydrogens (primary N) is 1. The largest absolute Gasteiger partial charge is 0.457 e. The number of rotatable bonds is 12. The summed E-state index contributed by atoms with van der Waals surface area (Å²) in [5, 5.41) is 22.7. The van der Waals surface area contributed by atoms with E-state index in [1.807, 2.05) is 13.8 Å². The molecule has 0 aromatic heterocycles. The topological polar surface area (TPSA) is 150 Å². The summed E-state index contributed by atoms with van der Waals surface area (Å²) in [5.41, 5.74) is 4.46. The zero-order valence-corrected chi connectivity index (χ0v) is 32.7. The molecule has 48 heavy (non-hydrogen) atoms. The van der Waals surface area contributed by atoms with Gasteiger partial charge in [-0.15, -0.1) is 0 Å². The standard InChI is InChI=1S/C37H65NO9Si/c1-14-28(43-11)25(4)32-33(46-32)34(38)37(10,42)20-15-16-23(2)31-24(3)17-18-29(44-26(5)39)36(9,41)21-19-27(22-30(40)45-31)47-48(12,13)35(6,7)8/h15-18,20,24-25,27-29,31-34,41-42H,14,19,21-22,38H2,1-13H3/t24-,25+,27+,28-,29-,31?,32+,33-,34?,36+,37?/m0/s1. The van der Waals surface area contributed by atoms with Crippen molar-refractivity contribution >= 4 is 20.3 Å². The first-order valence-electron chi connectivity index (χ1n) is 17.4. The third-order valence-electron chi connectivity index (χ3n) is 10.5. The van der Waals surface area contributed by atoms with Crippen molar-refractivity contribution in [3.63, 3.8) is 0 Å². The fourth-order valence-electron chi connectivity index (χ4n) is 6.06. The molecule has 0 aromatic rings. The van der Waals surface area contributed by atoms with E-state index in [0.717, 1.165) is 12.0 Å². The van der Waals surface area contributed by atoms with Crippen LogP contribution in [0.5, 0.6) is 0 Å². The Morgan fingerprint density at radius 3 is 2.38 bits per heavy atom. The van der Waals surface area contributed by atoms with Crippen molar-refractivity contribution in [3.8, 4) is 0 Å². The molecule has 0 aliphatic carbocycles. The van der Waals surface area contributed by atoms with Crippen LogP contribution in [-0.4, -0.2) is 91.4 Å². The van der Waals surface area contributed by atoms with Gasteiger partial charge < -0.3 is 39.3 Å². The van der Waals surface area contributed by atoms with Gasteiger partial charge in [-0.05, 0) is 69.8 Å². The third-order valence-corrected chi connectivity index (χ3v) is 15.0. The van der Waals surface area contributed by atoms with E-state index in [0.29, 0.717) is 6.42 Å². The molecule has 0 amide bonds. The van der Waals surface area contributed by atoms with E-state index < -0.39 is 55.8 Å². The predicted octanol–water partition coefficient (Wildman–Crippen LogP) is 5.76. The van der Waals surface area contributed by atoms with Gasteiger partial charge in [-0.1, -0.05) is 65.8 Å². The Bertz CT molecular complexity index is 1170. The number of cyclic esters (lactones) is 1. The van der Waals surface area contributed by atoms with Crippen molar-refractivity contribution in [1.29, 1.82) is 0 Å². The van der Waals surface area contributed by atoms with Crippen molar-refractivity contribution in [1.82, 2.24) is 0 Å². The van der Waals surface area contributed by atoms with Gasteiger partial charge >= 0.3 is 11.9 Å². The number of ether oxygens (including phenoxy) is 4. The lowest BCUT2D eigenvalue weighted by atomic mass is 9.87. The molecule has 2 heterocycles. The zero-order chi connectivity index (χ0) is 36.8. The minimum Gasteiger partial charge on any atom is -0.457 e. The maximum absolute atomic E-state index is 13.5. The van der Waals surface area contributed by atoms with Crippen LogP contribution in [0.2, 0.25) is 18.1 Å². The van der Waals surface area contributed by atoms with Crippen LogP contribution in [0.25, 0.3) is 0 Å². The smallest absolute Gasteiger partial charge is 0.308 e. The Balaban J connectivity index is 2.36. The summed E-state index contributed by atoms with van der Waals surface area (Å²) in [7, 11) is -0.592. The van der Waals surface area contributed by atoms with E-state index in [9.17, 15) is 19.8 Å². The number of epoxide rings is 1. The summed E-state index contributed by atoms with van der Waals surface area (Å²) in [6.07, 6.45) is 7.71. The van der Waals surface area contributed by atoms with E-state index in [2.05, 4.69) is 47.7 Å². The third kappa shape index (κ3) is 11.6. The fourth-order valence-corrected chi connectivity index (χ4v) is 7.45. The molecule has 1 fully saturated rings. The van der Waals surface area contributed by atoms with Crippen LogP contribution >= 0.6 is 0 Å². The van der Waals surface area contributed by atoms with Gasteiger partial charge in [-0.25, -0.2) is 0 Å². The molecule has 2 aliphatic heterocycles. The van der Waals surface area contributed by atoms with Gasteiger partial charge in [0.05, 0.1) is 36.4 Å². The first kappa shape index (κ1) is 42.3. The van der Waals surface area contributed by atoms with Gasteiger partial charge in [0.1, 0.15) is 23.9 Å². The van der Waals surface area contributed by atoms with Gasteiger partial charge in [0.2, 0.25) is 0 Å². The second-order valence-electron chi connectivity index (χ2n) is 15.9. The molecule has 0 saturated carbocycles. The minimum absolute atomic E-state index is 0.0172. The van der Waals surface area contributed by atoms with Crippen LogP contribution in [0.15, 0.2) is 36.0 Å². The molecule has 3 unspecified atom stereocenters. The lowest BCUT2D eigenvalue weighted by Crippen LogP contribution is -2.49. The number of methoxy groups -OCH3 is 1. The highest BCUT2D eigenvalue weighted by atomic mass is 28.4. The maximum Gasteiger partial charge on any atom is 0.308 e. The molecule has 276 valence electrons. The van der Waals surface area contributed by atoms with Crippen LogP contribution in [-0.2, 0) is 33.0 Å². The lowest BCUT2D eigenvalue weighted by molar-refractivity contribution is -0.157. The first-order valence-corrected chi connectivity index (χ1v) is 20.4. The van der Waals surface area contributed by atoms with E-state index in [-0.39, 0.29) is 48.0 Å². The average Bonchev–Trinajstić information content (AvgIpc) is 3.76. The second-order valence-corrected chi connectivity index (χ2v) is 20.7. The molecule has 2 rings (SSSR count). The Labute approximate surface area is 290 Å². The van der Waals surface area contributed by atoms with E-state index in [4.69, 9.17) is 29.1 Å². The van der Waals surface area contributed by atoms with Crippen molar-refractivity contribution in [2.75, 3.05) is 7.11 Å². The Kier molecular flexibility index (Phi) is 14.9. The lowest BCUT2D eigenvalue weighted by Gasteiger charge is -2.40. The molecule has 1 saturated heterocycles. The Morgan fingerprint density at radius 2 is 1.83 bits per heavy atom. The number of aliphatic hydroxyl groups is 2. The predicted molar refractivity (Wildman–Crippen MR) is 191 cm³/mol. The Morgan fingerprint density at radius 1 is 1.21 bits per heavy atom. The summed E-state index contributed by atoms with van der Waals surface area (Å²) in [6, 6.07) is -0.658. The number of carbonyl (C=O) groups is 2. The molecule has 4 N–H and O–H groups in total. The molecule has 2 aliphatic rings. The van der Waals surface area contributed by atoms with Crippen LogP contribution in [0.4, 0.5) is 0 Å². The van der Waals surface area contributed by atoms with Crippen LogP contribution in [0.1, 0.15) is 94.9 Å². The molecular formula is C37H65NO9Si. The van der Waals surface area contributed by atoms with E-state index in [1.165, 1.54) is 6.92 Å². The summed E-state index contributed by atoms with van der Waals surface area (Å²) < 4.78 is 29.8. The monoisotopic (exact) mass is 695 g/mol. The minimum atomic E-state index is -2.28. The molecular weight excluding hydrogens is 630 g/mol. The van der Waals surface area contributed by atoms with Crippen molar-refractivity contribution in [2.45, 2.75) is 167 Å². The molecule has 0 aromatic carbocycles. The second kappa shape index (κ2) is 16.9. The first-order chi connectivity index (χ1) is 22.0. The fraction of sp³-hybridized carbons (Fsp3) is 0.784. The van der Waals surface area contributed by atoms with Crippen LogP contribution in [0.3, 0.4) is 0 Å². The highest BCUT2D eigenvalue weighted by Gasteiger charge is 2.52. The van der Waals surface area contributed by atoms with Gasteiger partial charge in [0.25, 0.3) is 0 Å². The molecule has 0 bridgehead atoms. The molecule has 10 nitrogen and oxygen atoms in total. The summed E-state index contributed by atoms with van der Waals surface area (Å²) in [5.74, 6) is -1.11. The summed E-state index contributed by atoms with van der Waals surface area (Å²) >= 11 is 0. The van der Waals surface area contributed by atoms with E-state index >= 15 is 0 Å². The molecule has 11 atom stereocenters. The highest BCUT2D eigenvalue weighted by Crippen LogP contribution is 2.40. The van der Waals surface area contributed by atoms with Crippen molar-refractivity contribution in [2.24, 2.45) is 17.6 Å². The van der Waals surface area contributed by atoms with Gasteiger partial charge in [-0.2, -0.15) is 0 Å². The number of carbonyl (C=O) groups excluding carboxylic acids is 2. The van der Waals surface area contributed by atoms with Crippen molar-refractivity contribution in [3.05, 3.63) is 36.0 Å². The van der Waals surface area contributed by atoms with Gasteiger partial charge in [0.15, 0.2) is 8.32 Å². The van der Waals surface area contributed by atoms with Gasteiger partial charge in [0, 0.05) is 25.9 Å². The van der Waals surface area contributed by atoms with Crippen LogP contribution < -0.4 is 5.73 Å². The maximum atomic E-state index is 13.5. The molecule has 0 radical (unpaired) electrons. The van der Waals surface area contributed by atoms with E-state index in [1.54, 1.807) is 51.3 Å². The Hall–Kier alpha value is -1.86. The number of hydrogen-bond acceptors (Lipinski definition) is 10. The summed E-state index contributed by atoms with van der Waals surface area (Å²) in [4.78, 5) is 25.5. The SMILES string of the molecule is CC[C@H](OC)[C@@H](C)[C@H]1O[C@@H]1C(N)C(C)(O)C=CC=C(C)C1OC(=O)C[C@H](O[Si](C)(C)C(C)(C)C)CC[C@@](C)(O)[C@@H](OC(C)=O)C=C[C@@H]1C. The van der Waals surface area contributed by atoms with Gasteiger partial charge in [-0.3, -0.25) is 9.59 Å². The average molecular weight is 696 g/mol. The molecule has 11 heteroatoms. The number of esters is 2. The van der Waals surface area contributed by atoms with Crippen molar-refractivity contribution < 1.29 is 43.2 Å². The quantitative estimate of drug-likeness (QED) is 0.0757. The zero-order valence-electron chi connectivity index (χ0n) is 31.7. The highest BCUT2D eigenvalue weighted by molar-refractivity contribution is 6.74. The number of hydrogen-bond donors (Lipinski definition) is 3. The van der Waals surface area contributed by atoms with Crippen LogP contribution in [0, 0.1) is 11.8 Å². The number of allylic oxidation sites excluding steroid dienone is 2. The molecule has 0 spiro atoms. The normalized spacial score (nSPS) is 32.8.